The normalized spacial score (nSPS) is 16.4. The molecule has 2 amide bonds. The van der Waals surface area contributed by atoms with Crippen molar-refractivity contribution in [2.24, 2.45) is 11.7 Å². The first-order valence-corrected chi connectivity index (χ1v) is 14.0. The van der Waals surface area contributed by atoms with Crippen LogP contribution in [-0.2, 0) is 16.0 Å². The lowest BCUT2D eigenvalue weighted by Crippen LogP contribution is -2.37. The Morgan fingerprint density at radius 2 is 1.88 bits per heavy atom. The summed E-state index contributed by atoms with van der Waals surface area (Å²) in [5.74, 6) is -5.58. The van der Waals surface area contributed by atoms with Crippen molar-refractivity contribution in [3.63, 3.8) is 0 Å². The summed E-state index contributed by atoms with van der Waals surface area (Å²) in [7, 11) is 0. The Bertz CT molecular complexity index is 1420. The number of hydrogen-bond donors (Lipinski definition) is 3. The third-order valence-electron chi connectivity index (χ3n) is 7.39. The van der Waals surface area contributed by atoms with E-state index in [9.17, 15) is 27.2 Å². The van der Waals surface area contributed by atoms with Crippen molar-refractivity contribution in [2.75, 3.05) is 13.3 Å². The quantitative estimate of drug-likeness (QED) is 0.149. The minimum absolute atomic E-state index is 0.0101. The van der Waals surface area contributed by atoms with E-state index in [0.717, 1.165) is 0 Å². The van der Waals surface area contributed by atoms with Gasteiger partial charge in [-0.25, -0.2) is 23.1 Å². The minimum Gasteiger partial charge on any atom is -0.462 e. The van der Waals surface area contributed by atoms with Gasteiger partial charge < -0.3 is 15.4 Å². The number of amides is 2. The van der Waals surface area contributed by atoms with E-state index in [1.807, 2.05) is 0 Å². The third-order valence-corrected chi connectivity index (χ3v) is 7.39. The van der Waals surface area contributed by atoms with Crippen LogP contribution in [0.2, 0.25) is 0 Å². The molecule has 2 aromatic heterocycles. The van der Waals surface area contributed by atoms with Crippen LogP contribution in [0.25, 0.3) is 0 Å². The smallest absolute Gasteiger partial charge is 0.249 e. The highest BCUT2D eigenvalue weighted by Crippen LogP contribution is 2.48. The number of alkyl halides is 3. The van der Waals surface area contributed by atoms with E-state index in [2.05, 4.69) is 20.6 Å². The summed E-state index contributed by atoms with van der Waals surface area (Å²) in [4.78, 5) is 33.6. The van der Waals surface area contributed by atoms with Crippen LogP contribution in [0, 0.1) is 18.8 Å². The van der Waals surface area contributed by atoms with Crippen LogP contribution in [0.4, 0.5) is 17.6 Å². The van der Waals surface area contributed by atoms with Crippen LogP contribution in [-0.4, -0.2) is 47.2 Å². The first kappa shape index (κ1) is 31.9. The maximum atomic E-state index is 14.9. The molecule has 3 atom stereocenters. The first-order chi connectivity index (χ1) is 20.5. The van der Waals surface area contributed by atoms with E-state index in [1.54, 1.807) is 50.2 Å². The molecule has 0 radical (unpaired) electrons. The molecule has 1 aliphatic carbocycles. The van der Waals surface area contributed by atoms with Crippen LogP contribution in [0.15, 0.2) is 54.7 Å². The maximum absolute atomic E-state index is 14.9. The number of aromatic nitrogens is 2. The van der Waals surface area contributed by atoms with Gasteiger partial charge in [-0.05, 0) is 42.5 Å². The van der Waals surface area contributed by atoms with E-state index in [0.29, 0.717) is 22.6 Å². The monoisotopic (exact) mass is 601 g/mol. The summed E-state index contributed by atoms with van der Waals surface area (Å²) in [6.45, 7) is 3.02. The second-order valence-corrected chi connectivity index (χ2v) is 10.9. The summed E-state index contributed by atoms with van der Waals surface area (Å²) in [5, 5.41) is 5.36. The number of ether oxygens (including phenoxy) is 1. The first-order valence-electron chi connectivity index (χ1n) is 14.0. The third kappa shape index (κ3) is 8.50. The number of hydrogen-bond acceptors (Lipinski definition) is 6. The van der Waals surface area contributed by atoms with Gasteiger partial charge in [0.1, 0.15) is 12.9 Å². The van der Waals surface area contributed by atoms with Gasteiger partial charge in [0.25, 0.3) is 0 Å². The average Bonchev–Trinajstić information content (AvgIpc) is 2.95. The Balaban J connectivity index is 1.33. The Hall–Kier alpha value is -4.06. The molecule has 0 saturated heterocycles. The van der Waals surface area contributed by atoms with Gasteiger partial charge in [0, 0.05) is 42.6 Å². The molecule has 4 N–H and O–H groups in total. The molecule has 2 heterocycles. The molecule has 1 saturated carbocycles. The van der Waals surface area contributed by atoms with E-state index in [1.165, 1.54) is 18.3 Å². The largest absolute Gasteiger partial charge is 0.462 e. The number of nitrogens with zero attached hydrogens (tertiary/aromatic N) is 2. The van der Waals surface area contributed by atoms with Crippen LogP contribution >= 0.6 is 0 Å². The Kier molecular flexibility index (Phi) is 10.3. The summed E-state index contributed by atoms with van der Waals surface area (Å²) < 4.78 is 61.5. The summed E-state index contributed by atoms with van der Waals surface area (Å²) in [6, 6.07) is 12.6. The van der Waals surface area contributed by atoms with Crippen molar-refractivity contribution in [3.8, 4) is 5.88 Å². The van der Waals surface area contributed by atoms with Crippen molar-refractivity contribution >= 4 is 11.8 Å². The number of nitrogens with one attached hydrogen (secondary N) is 2. The van der Waals surface area contributed by atoms with E-state index in [4.69, 9.17) is 10.5 Å². The zero-order valence-electron chi connectivity index (χ0n) is 24.0. The summed E-state index contributed by atoms with van der Waals surface area (Å²) in [5.41, 5.74) is 7.62. The molecule has 0 aliphatic heterocycles. The van der Waals surface area contributed by atoms with Crippen LogP contribution < -0.4 is 21.1 Å². The molecule has 1 aliphatic rings. The maximum Gasteiger partial charge on any atom is 0.249 e. The summed E-state index contributed by atoms with van der Waals surface area (Å²) in [6.07, 6.45) is -1.06. The lowest BCUT2D eigenvalue weighted by molar-refractivity contribution is -0.125. The molecule has 0 spiro atoms. The van der Waals surface area contributed by atoms with Gasteiger partial charge in [0.2, 0.25) is 29.6 Å². The van der Waals surface area contributed by atoms with Gasteiger partial charge in [-0.3, -0.25) is 15.3 Å². The molecule has 0 bridgehead atoms. The molecule has 12 heteroatoms. The predicted octanol–water partition coefficient (Wildman–Crippen LogP) is 4.66. The van der Waals surface area contributed by atoms with Crippen molar-refractivity contribution in [2.45, 2.75) is 63.6 Å². The molecule has 3 aromatic rings. The van der Waals surface area contributed by atoms with Gasteiger partial charge in [-0.2, -0.15) is 4.39 Å². The molecule has 8 nitrogen and oxygen atoms in total. The highest BCUT2D eigenvalue weighted by atomic mass is 19.3. The fourth-order valence-corrected chi connectivity index (χ4v) is 5.06. The van der Waals surface area contributed by atoms with Gasteiger partial charge in [0.05, 0.1) is 18.2 Å². The Morgan fingerprint density at radius 3 is 2.51 bits per heavy atom. The SMILES string of the molecule is Cc1cc(CC(=O)NC[C@H](F)C[C@H](C)C(=O)N[C@@H](c2ccccc2)c2ccc(C3CC(F)(F)C3)c(F)n2)cnc1OCN. The standard InChI is InChI=1S/C31H35F4N5O3/c1-18(11-23(32)16-37-26(41)12-20-10-19(2)30(38-15-20)43-17-36)29(42)40-27(21-6-4-3-5-7-21)25-9-8-24(28(33)39-25)22-13-31(34,35)14-22/h3-10,15,18,22-23,27H,11-14,16-17,36H2,1-2H3,(H,37,41)(H,40,42)/t18-,23+,27-/m0/s1. The minimum atomic E-state index is -2.80. The lowest BCUT2D eigenvalue weighted by atomic mass is 9.77. The van der Waals surface area contributed by atoms with Crippen LogP contribution in [0.5, 0.6) is 5.88 Å². The van der Waals surface area contributed by atoms with E-state index >= 15 is 0 Å². The average molecular weight is 602 g/mol. The number of carbonyl (C=O) groups excluding carboxylic acids is 2. The van der Waals surface area contributed by atoms with Crippen LogP contribution in [0.1, 0.15) is 66.1 Å². The number of rotatable bonds is 13. The number of carbonyl (C=O) groups is 2. The van der Waals surface area contributed by atoms with Gasteiger partial charge in [-0.15, -0.1) is 0 Å². The molecule has 1 fully saturated rings. The topological polar surface area (TPSA) is 119 Å². The van der Waals surface area contributed by atoms with Crippen molar-refractivity contribution < 1.29 is 31.9 Å². The number of pyridine rings is 2. The molecule has 230 valence electrons. The number of halogens is 4. The van der Waals surface area contributed by atoms with Crippen LogP contribution in [0.3, 0.4) is 0 Å². The number of nitrogens with two attached hydrogens (primary N) is 1. The van der Waals surface area contributed by atoms with Crippen molar-refractivity contribution in [3.05, 3.63) is 88.6 Å². The fourth-order valence-electron chi connectivity index (χ4n) is 5.06. The lowest BCUT2D eigenvalue weighted by Gasteiger charge is -2.35. The molecule has 4 rings (SSSR count). The Labute approximate surface area is 247 Å². The van der Waals surface area contributed by atoms with Crippen molar-refractivity contribution in [1.29, 1.82) is 0 Å². The molecule has 1 aromatic carbocycles. The second-order valence-electron chi connectivity index (χ2n) is 10.9. The highest BCUT2D eigenvalue weighted by molar-refractivity contribution is 5.79. The predicted molar refractivity (Wildman–Crippen MR) is 152 cm³/mol. The zero-order chi connectivity index (χ0) is 31.1. The fraction of sp³-hybridized carbons (Fsp3) is 0.419. The molecule has 43 heavy (non-hydrogen) atoms. The number of benzene rings is 1. The summed E-state index contributed by atoms with van der Waals surface area (Å²) >= 11 is 0. The molecule has 0 unspecified atom stereocenters. The number of aryl methyl sites for hydroxylation is 1. The molecular weight excluding hydrogens is 566 g/mol. The Morgan fingerprint density at radius 1 is 1.16 bits per heavy atom. The zero-order valence-corrected chi connectivity index (χ0v) is 24.0. The second kappa shape index (κ2) is 13.9. The van der Waals surface area contributed by atoms with Gasteiger partial charge in [0.15, 0.2) is 0 Å². The van der Waals surface area contributed by atoms with Gasteiger partial charge in [-0.1, -0.05) is 43.3 Å². The van der Waals surface area contributed by atoms with E-state index in [-0.39, 0.29) is 37.4 Å². The molecular formula is C31H35F4N5O3. The van der Waals surface area contributed by atoms with Gasteiger partial charge >= 0.3 is 0 Å². The van der Waals surface area contributed by atoms with Crippen molar-refractivity contribution in [1.82, 2.24) is 20.6 Å². The van der Waals surface area contributed by atoms with E-state index < -0.39 is 60.6 Å². The highest BCUT2D eigenvalue weighted by Gasteiger charge is 2.47.